The predicted octanol–water partition coefficient (Wildman–Crippen LogP) is 2.85. The lowest BCUT2D eigenvalue weighted by Crippen LogP contribution is -2.50. The van der Waals surface area contributed by atoms with Gasteiger partial charge in [-0.1, -0.05) is 30.3 Å². The lowest BCUT2D eigenvalue weighted by atomic mass is 9.98. The zero-order chi connectivity index (χ0) is 20.8. The fraction of sp³-hybridized carbons (Fsp3) is 0.318. The summed E-state index contributed by atoms with van der Waals surface area (Å²) in [4.78, 5) is 27.4. The molecule has 1 aliphatic heterocycles. The van der Waals surface area contributed by atoms with Gasteiger partial charge in [-0.25, -0.2) is 0 Å². The Kier molecular flexibility index (Phi) is 6.60. The summed E-state index contributed by atoms with van der Waals surface area (Å²) in [5.74, 6) is -1.69. The van der Waals surface area contributed by atoms with Crippen LogP contribution in [-0.4, -0.2) is 48.9 Å². The quantitative estimate of drug-likeness (QED) is 0.759. The molecule has 0 spiro atoms. The molecule has 1 N–H and O–H groups in total. The number of morpholine rings is 1. The van der Waals surface area contributed by atoms with Gasteiger partial charge in [-0.05, 0) is 38.2 Å². The average molecular weight is 393 g/mol. The average Bonchev–Trinajstić information content (AvgIpc) is 2.70. The van der Waals surface area contributed by atoms with E-state index >= 15 is 0 Å². The second kappa shape index (κ2) is 9.32. The van der Waals surface area contributed by atoms with Crippen LogP contribution in [0.1, 0.15) is 6.92 Å². The number of nitrogens with one attached hydrogen (secondary N) is 1. The minimum absolute atomic E-state index is 0.148. The number of hydrogen-bond donors (Lipinski definition) is 1. The van der Waals surface area contributed by atoms with Crippen molar-refractivity contribution < 1.29 is 19.1 Å². The summed E-state index contributed by atoms with van der Waals surface area (Å²) >= 11 is 0. The maximum atomic E-state index is 12.8. The number of rotatable bonds is 6. The van der Waals surface area contributed by atoms with Gasteiger partial charge in [0.1, 0.15) is 11.9 Å². The molecule has 29 heavy (non-hydrogen) atoms. The number of ether oxygens (including phenoxy) is 2. The Morgan fingerprint density at radius 3 is 2.55 bits per heavy atom. The zero-order valence-corrected chi connectivity index (χ0v) is 16.4. The lowest BCUT2D eigenvalue weighted by molar-refractivity contribution is -0.147. The van der Waals surface area contributed by atoms with Crippen LogP contribution in [0.3, 0.4) is 0 Å². The van der Waals surface area contributed by atoms with Gasteiger partial charge in [0.25, 0.3) is 0 Å². The van der Waals surface area contributed by atoms with E-state index in [0.29, 0.717) is 30.3 Å². The van der Waals surface area contributed by atoms with Crippen molar-refractivity contribution in [3.63, 3.8) is 0 Å². The lowest BCUT2D eigenvalue weighted by Gasteiger charge is -2.34. The third kappa shape index (κ3) is 5.19. The molecule has 1 heterocycles. The molecule has 1 aliphatic rings. The van der Waals surface area contributed by atoms with Gasteiger partial charge in [0, 0.05) is 13.1 Å². The molecule has 2 aromatic carbocycles. The van der Waals surface area contributed by atoms with Crippen LogP contribution in [0.15, 0.2) is 54.6 Å². The summed E-state index contributed by atoms with van der Waals surface area (Å²) in [6.45, 7) is 2.90. The number of hydrogen-bond acceptors (Lipinski definition) is 6. The van der Waals surface area contributed by atoms with Crippen LogP contribution in [0.2, 0.25) is 0 Å². The summed E-state index contributed by atoms with van der Waals surface area (Å²) in [5, 5.41) is 12.1. The number of anilines is 1. The molecule has 2 aromatic rings. The molecular weight excluding hydrogens is 370 g/mol. The van der Waals surface area contributed by atoms with Crippen molar-refractivity contribution in [3.8, 4) is 17.6 Å². The van der Waals surface area contributed by atoms with E-state index in [0.717, 1.165) is 0 Å². The van der Waals surface area contributed by atoms with Crippen molar-refractivity contribution in [2.75, 3.05) is 25.5 Å². The van der Waals surface area contributed by atoms with E-state index in [1.165, 1.54) is 0 Å². The van der Waals surface area contributed by atoms with E-state index in [1.807, 2.05) is 43.1 Å². The SMILES string of the molecule is C[C@@H]1CN(C)C[C@H](C(=O)C(C#N)C(=O)Nc2ccccc2Oc2ccccc2)O1. The zero-order valence-electron chi connectivity index (χ0n) is 16.4. The Morgan fingerprint density at radius 2 is 1.86 bits per heavy atom. The van der Waals surface area contributed by atoms with Crippen molar-refractivity contribution >= 4 is 17.4 Å². The van der Waals surface area contributed by atoms with Crippen LogP contribution in [0.5, 0.6) is 11.5 Å². The maximum Gasteiger partial charge on any atom is 0.249 e. The summed E-state index contributed by atoms with van der Waals surface area (Å²) in [5.41, 5.74) is 0.379. The van der Waals surface area contributed by atoms with Gasteiger partial charge in [-0.3, -0.25) is 9.59 Å². The fourth-order valence-electron chi connectivity index (χ4n) is 3.24. The molecular formula is C22H23N3O4. The first-order valence-corrected chi connectivity index (χ1v) is 9.38. The fourth-order valence-corrected chi connectivity index (χ4v) is 3.24. The molecule has 150 valence electrons. The highest BCUT2D eigenvalue weighted by molar-refractivity contribution is 6.11. The minimum Gasteiger partial charge on any atom is -0.455 e. The van der Waals surface area contributed by atoms with Gasteiger partial charge in [-0.2, -0.15) is 5.26 Å². The van der Waals surface area contributed by atoms with Gasteiger partial charge in [-0.15, -0.1) is 0 Å². The van der Waals surface area contributed by atoms with Gasteiger partial charge in [0.2, 0.25) is 5.91 Å². The molecule has 7 nitrogen and oxygen atoms in total. The smallest absolute Gasteiger partial charge is 0.249 e. The largest absolute Gasteiger partial charge is 0.455 e. The Labute approximate surface area is 169 Å². The van der Waals surface area contributed by atoms with Crippen LogP contribution in [0.4, 0.5) is 5.69 Å². The molecule has 0 saturated carbocycles. The Morgan fingerprint density at radius 1 is 1.17 bits per heavy atom. The summed E-state index contributed by atoms with van der Waals surface area (Å²) < 4.78 is 11.5. The van der Waals surface area contributed by atoms with Crippen molar-refractivity contribution in [3.05, 3.63) is 54.6 Å². The van der Waals surface area contributed by atoms with E-state index in [2.05, 4.69) is 5.32 Å². The van der Waals surface area contributed by atoms with E-state index in [9.17, 15) is 14.9 Å². The minimum atomic E-state index is -1.47. The second-order valence-corrected chi connectivity index (χ2v) is 7.02. The van der Waals surface area contributed by atoms with E-state index < -0.39 is 23.7 Å². The number of carbonyl (C=O) groups is 2. The molecule has 1 amide bonds. The monoisotopic (exact) mass is 393 g/mol. The third-order valence-corrected chi connectivity index (χ3v) is 4.55. The Bertz CT molecular complexity index is 900. The van der Waals surface area contributed by atoms with Crippen LogP contribution in [-0.2, 0) is 14.3 Å². The number of benzene rings is 2. The highest BCUT2D eigenvalue weighted by atomic mass is 16.5. The molecule has 0 radical (unpaired) electrons. The second-order valence-electron chi connectivity index (χ2n) is 7.02. The van der Waals surface area contributed by atoms with Crippen LogP contribution >= 0.6 is 0 Å². The van der Waals surface area contributed by atoms with Crippen LogP contribution < -0.4 is 10.1 Å². The van der Waals surface area contributed by atoms with E-state index in [-0.39, 0.29) is 6.10 Å². The Hall–Kier alpha value is -3.21. The molecule has 0 aromatic heterocycles. The number of ketones is 1. The Balaban J connectivity index is 1.73. The highest BCUT2D eigenvalue weighted by Crippen LogP contribution is 2.29. The van der Waals surface area contributed by atoms with Gasteiger partial charge in [0.15, 0.2) is 17.5 Å². The highest BCUT2D eigenvalue weighted by Gasteiger charge is 2.37. The molecule has 3 rings (SSSR count). The summed E-state index contributed by atoms with van der Waals surface area (Å²) in [7, 11) is 1.87. The molecule has 1 unspecified atom stereocenters. The normalized spacial score (nSPS) is 20.3. The molecule has 0 aliphatic carbocycles. The third-order valence-electron chi connectivity index (χ3n) is 4.55. The number of nitriles is 1. The molecule has 1 fully saturated rings. The summed E-state index contributed by atoms with van der Waals surface area (Å²) in [6.07, 6.45) is -0.958. The van der Waals surface area contributed by atoms with Gasteiger partial charge in [0.05, 0.1) is 17.9 Å². The number of likely N-dealkylation sites (N-methyl/N-ethyl adjacent to an activating group) is 1. The van der Waals surface area contributed by atoms with Crippen molar-refractivity contribution in [1.82, 2.24) is 4.90 Å². The topological polar surface area (TPSA) is 91.7 Å². The number of carbonyl (C=O) groups excluding carboxylic acids is 2. The van der Waals surface area contributed by atoms with Gasteiger partial charge >= 0.3 is 0 Å². The standard InChI is InChI=1S/C22H23N3O4/c1-15-13-25(2)14-20(28-15)21(26)17(12-23)22(27)24-18-10-6-7-11-19(18)29-16-8-4-3-5-9-16/h3-11,15,17,20H,13-14H2,1-2H3,(H,24,27)/t15-,17?,20-/m1/s1. The molecule has 0 bridgehead atoms. The van der Waals surface area contributed by atoms with Crippen molar-refractivity contribution in [2.24, 2.45) is 5.92 Å². The van der Waals surface area contributed by atoms with Crippen molar-refractivity contribution in [2.45, 2.75) is 19.1 Å². The molecule has 7 heteroatoms. The first-order valence-electron chi connectivity index (χ1n) is 9.38. The van der Waals surface area contributed by atoms with Crippen LogP contribution in [0, 0.1) is 17.2 Å². The number of Topliss-reactive ketones (excluding diaryl/α,β-unsaturated/α-hetero) is 1. The van der Waals surface area contributed by atoms with Crippen LogP contribution in [0.25, 0.3) is 0 Å². The molecule has 1 saturated heterocycles. The predicted molar refractivity (Wildman–Crippen MR) is 108 cm³/mol. The number of nitrogens with zero attached hydrogens (tertiary/aromatic N) is 2. The first kappa shape index (κ1) is 20.5. The first-order chi connectivity index (χ1) is 14.0. The maximum absolute atomic E-state index is 12.8. The van der Waals surface area contributed by atoms with E-state index in [4.69, 9.17) is 9.47 Å². The molecule has 3 atom stereocenters. The van der Waals surface area contributed by atoms with Gasteiger partial charge < -0.3 is 19.7 Å². The summed E-state index contributed by atoms with van der Waals surface area (Å²) in [6, 6.07) is 17.8. The van der Waals surface area contributed by atoms with E-state index in [1.54, 1.807) is 36.4 Å². The van der Waals surface area contributed by atoms with Crippen molar-refractivity contribution in [1.29, 1.82) is 5.26 Å². The number of para-hydroxylation sites is 3. The number of amides is 1.